The molecule has 0 heterocycles. The summed E-state index contributed by atoms with van der Waals surface area (Å²) in [5.41, 5.74) is 6.18. The summed E-state index contributed by atoms with van der Waals surface area (Å²) in [7, 11) is 1.41. The summed E-state index contributed by atoms with van der Waals surface area (Å²) in [5, 5.41) is 20.4. The predicted octanol–water partition coefficient (Wildman–Crippen LogP) is 0.791. The van der Waals surface area contributed by atoms with Crippen LogP contribution in [-0.2, 0) is 0 Å². The van der Waals surface area contributed by atoms with Crippen molar-refractivity contribution in [3.8, 4) is 11.5 Å². The highest BCUT2D eigenvalue weighted by molar-refractivity contribution is 5.83. The number of anilines is 1. The highest BCUT2D eigenvalue weighted by Gasteiger charge is 2.06. The van der Waals surface area contributed by atoms with Crippen molar-refractivity contribution in [2.75, 3.05) is 12.8 Å². The molecule has 5 heteroatoms. The van der Waals surface area contributed by atoms with E-state index in [0.717, 1.165) is 0 Å². The van der Waals surface area contributed by atoms with E-state index in [2.05, 4.69) is 5.16 Å². The topological polar surface area (TPSA) is 88.1 Å². The second kappa shape index (κ2) is 3.66. The van der Waals surface area contributed by atoms with Crippen molar-refractivity contribution in [3.05, 3.63) is 17.7 Å². The number of phenols is 1. The Morgan fingerprint density at radius 3 is 2.77 bits per heavy atom. The molecular weight excluding hydrogens is 172 g/mol. The van der Waals surface area contributed by atoms with Crippen LogP contribution < -0.4 is 10.5 Å². The van der Waals surface area contributed by atoms with Gasteiger partial charge in [0.2, 0.25) is 0 Å². The lowest BCUT2D eigenvalue weighted by Gasteiger charge is -2.06. The van der Waals surface area contributed by atoms with Crippen LogP contribution in [0.25, 0.3) is 0 Å². The molecule has 0 bridgehead atoms. The van der Waals surface area contributed by atoms with Gasteiger partial charge in [0.15, 0.2) is 11.5 Å². The third kappa shape index (κ3) is 1.81. The summed E-state index contributed by atoms with van der Waals surface area (Å²) in [4.78, 5) is 0. The Bertz CT molecular complexity index is 336. The molecular formula is C8H10N2O3. The maximum atomic E-state index is 9.33. The Hall–Kier alpha value is -1.91. The molecule has 0 aliphatic heterocycles. The lowest BCUT2D eigenvalue weighted by atomic mass is 10.2. The second-order valence-corrected chi connectivity index (χ2v) is 2.41. The molecule has 0 atom stereocenters. The SMILES string of the molecule is COc1cc(/C=N/O)cc(N)c1O. The molecule has 70 valence electrons. The molecule has 5 nitrogen and oxygen atoms in total. The molecule has 0 fully saturated rings. The van der Waals surface area contributed by atoms with Crippen LogP contribution in [0.4, 0.5) is 5.69 Å². The predicted molar refractivity (Wildman–Crippen MR) is 48.5 cm³/mol. The Morgan fingerprint density at radius 1 is 1.54 bits per heavy atom. The molecule has 0 aliphatic rings. The van der Waals surface area contributed by atoms with E-state index in [0.29, 0.717) is 5.56 Å². The zero-order valence-corrected chi connectivity index (χ0v) is 7.06. The summed E-state index contributed by atoms with van der Waals surface area (Å²) in [6.07, 6.45) is 1.19. The third-order valence-electron chi connectivity index (χ3n) is 1.55. The lowest BCUT2D eigenvalue weighted by Crippen LogP contribution is -1.93. The van der Waals surface area contributed by atoms with Gasteiger partial charge in [0, 0.05) is 5.56 Å². The van der Waals surface area contributed by atoms with Gasteiger partial charge in [0.05, 0.1) is 19.0 Å². The van der Waals surface area contributed by atoms with Gasteiger partial charge in [-0.25, -0.2) is 0 Å². The monoisotopic (exact) mass is 182 g/mol. The van der Waals surface area contributed by atoms with E-state index in [-0.39, 0.29) is 17.2 Å². The molecule has 0 aromatic heterocycles. The van der Waals surface area contributed by atoms with Crippen LogP contribution >= 0.6 is 0 Å². The summed E-state index contributed by atoms with van der Waals surface area (Å²) in [6.45, 7) is 0. The molecule has 0 saturated carbocycles. The number of benzene rings is 1. The van der Waals surface area contributed by atoms with Crippen molar-refractivity contribution in [3.63, 3.8) is 0 Å². The van der Waals surface area contributed by atoms with E-state index >= 15 is 0 Å². The van der Waals surface area contributed by atoms with Gasteiger partial charge in [0.1, 0.15) is 0 Å². The molecule has 0 saturated heterocycles. The van der Waals surface area contributed by atoms with Gasteiger partial charge in [-0.1, -0.05) is 5.16 Å². The normalized spacial score (nSPS) is 10.5. The number of hydrogen-bond acceptors (Lipinski definition) is 5. The van der Waals surface area contributed by atoms with Crippen molar-refractivity contribution in [2.45, 2.75) is 0 Å². The van der Waals surface area contributed by atoms with Gasteiger partial charge >= 0.3 is 0 Å². The molecule has 0 radical (unpaired) electrons. The van der Waals surface area contributed by atoms with Gasteiger partial charge in [-0.2, -0.15) is 0 Å². The molecule has 13 heavy (non-hydrogen) atoms. The number of rotatable bonds is 2. The minimum absolute atomic E-state index is 0.113. The fraction of sp³-hybridized carbons (Fsp3) is 0.125. The van der Waals surface area contributed by atoms with Crippen LogP contribution in [0.15, 0.2) is 17.3 Å². The molecule has 4 N–H and O–H groups in total. The van der Waals surface area contributed by atoms with Crippen molar-refractivity contribution in [2.24, 2.45) is 5.16 Å². The maximum Gasteiger partial charge on any atom is 0.181 e. The summed E-state index contributed by atoms with van der Waals surface area (Å²) < 4.78 is 4.84. The third-order valence-corrected chi connectivity index (χ3v) is 1.55. The minimum atomic E-state index is -0.113. The van der Waals surface area contributed by atoms with E-state index in [1.807, 2.05) is 0 Å². The standard InChI is InChI=1S/C8H10N2O3/c1-13-7-3-5(4-10-12)2-6(9)8(7)11/h2-4,11-12H,9H2,1H3/b10-4+. The summed E-state index contributed by atoms with van der Waals surface area (Å²) in [5.74, 6) is 0.132. The zero-order chi connectivity index (χ0) is 9.84. The van der Waals surface area contributed by atoms with E-state index < -0.39 is 0 Å². The summed E-state index contributed by atoms with van der Waals surface area (Å²) >= 11 is 0. The molecule has 1 rings (SSSR count). The molecule has 0 unspecified atom stereocenters. The fourth-order valence-electron chi connectivity index (χ4n) is 0.948. The van der Waals surface area contributed by atoms with E-state index in [1.165, 1.54) is 25.5 Å². The van der Waals surface area contributed by atoms with Gasteiger partial charge < -0.3 is 20.8 Å². The number of nitrogens with zero attached hydrogens (tertiary/aromatic N) is 1. The first kappa shape index (κ1) is 9.18. The van der Waals surface area contributed by atoms with Gasteiger partial charge in [-0.15, -0.1) is 0 Å². The van der Waals surface area contributed by atoms with Crippen molar-refractivity contribution >= 4 is 11.9 Å². The zero-order valence-electron chi connectivity index (χ0n) is 7.06. The summed E-state index contributed by atoms with van der Waals surface area (Å²) in [6, 6.07) is 2.98. The number of nitrogens with two attached hydrogens (primary N) is 1. The van der Waals surface area contributed by atoms with Crippen LogP contribution in [0.1, 0.15) is 5.56 Å². The van der Waals surface area contributed by atoms with E-state index in [1.54, 1.807) is 0 Å². The van der Waals surface area contributed by atoms with E-state index in [4.69, 9.17) is 15.7 Å². The lowest BCUT2D eigenvalue weighted by molar-refractivity contribution is 0.322. The van der Waals surface area contributed by atoms with Gasteiger partial charge in [-0.3, -0.25) is 0 Å². The average Bonchev–Trinajstić information content (AvgIpc) is 2.11. The van der Waals surface area contributed by atoms with Crippen LogP contribution in [0.5, 0.6) is 11.5 Å². The Labute approximate surface area is 75.1 Å². The Morgan fingerprint density at radius 2 is 2.23 bits per heavy atom. The molecule has 0 amide bonds. The minimum Gasteiger partial charge on any atom is -0.503 e. The fourth-order valence-corrected chi connectivity index (χ4v) is 0.948. The Balaban J connectivity index is 3.21. The smallest absolute Gasteiger partial charge is 0.181 e. The largest absolute Gasteiger partial charge is 0.503 e. The van der Waals surface area contributed by atoms with Crippen LogP contribution in [0.2, 0.25) is 0 Å². The number of ether oxygens (including phenoxy) is 1. The molecule has 0 spiro atoms. The maximum absolute atomic E-state index is 9.33. The number of aromatic hydroxyl groups is 1. The van der Waals surface area contributed by atoms with E-state index in [9.17, 15) is 5.11 Å². The van der Waals surface area contributed by atoms with Crippen molar-refractivity contribution in [1.82, 2.24) is 0 Å². The van der Waals surface area contributed by atoms with Crippen LogP contribution in [-0.4, -0.2) is 23.6 Å². The number of nitrogen functional groups attached to an aromatic ring is 1. The van der Waals surface area contributed by atoms with Crippen molar-refractivity contribution < 1.29 is 15.1 Å². The second-order valence-electron chi connectivity index (χ2n) is 2.41. The molecule has 1 aromatic rings. The van der Waals surface area contributed by atoms with Gasteiger partial charge in [-0.05, 0) is 12.1 Å². The number of phenolic OH excluding ortho intramolecular Hbond substituents is 1. The van der Waals surface area contributed by atoms with Crippen molar-refractivity contribution in [1.29, 1.82) is 0 Å². The van der Waals surface area contributed by atoms with Crippen LogP contribution in [0.3, 0.4) is 0 Å². The molecule has 0 aliphatic carbocycles. The Kier molecular flexibility index (Phi) is 2.59. The first-order valence-electron chi connectivity index (χ1n) is 3.53. The number of hydrogen-bond donors (Lipinski definition) is 3. The highest BCUT2D eigenvalue weighted by atomic mass is 16.5. The quantitative estimate of drug-likeness (QED) is 0.207. The highest BCUT2D eigenvalue weighted by Crippen LogP contribution is 2.32. The first-order valence-corrected chi connectivity index (χ1v) is 3.53. The average molecular weight is 182 g/mol. The first-order chi connectivity index (χ1) is 6.19. The molecule has 1 aromatic carbocycles. The number of methoxy groups -OCH3 is 1. The number of oxime groups is 1. The van der Waals surface area contributed by atoms with Gasteiger partial charge in [0.25, 0.3) is 0 Å². The van der Waals surface area contributed by atoms with Crippen LogP contribution in [0, 0.1) is 0 Å².